The van der Waals surface area contributed by atoms with Crippen LogP contribution in [0.15, 0.2) is 42.5 Å². The topological polar surface area (TPSA) is 77.1 Å². The summed E-state index contributed by atoms with van der Waals surface area (Å²) in [7, 11) is 0. The minimum atomic E-state index is -1.01. The molecule has 2 aromatic carbocycles. The molecule has 1 atom stereocenters. The zero-order valence-electron chi connectivity index (χ0n) is 15.9. The minimum absolute atomic E-state index is 0.190. The lowest BCUT2D eigenvalue weighted by Gasteiger charge is -2.22. The van der Waals surface area contributed by atoms with E-state index in [2.05, 4.69) is 5.32 Å². The van der Waals surface area contributed by atoms with Gasteiger partial charge in [0.25, 0.3) is 5.91 Å². The predicted octanol–water partition coefficient (Wildman–Crippen LogP) is 2.66. The van der Waals surface area contributed by atoms with Crippen molar-refractivity contribution in [1.82, 2.24) is 10.2 Å². The molecule has 1 unspecified atom stereocenters. The fraction of sp³-hybridized carbons (Fsp3) is 0.333. The molecule has 2 aliphatic heterocycles. The van der Waals surface area contributed by atoms with Crippen molar-refractivity contribution < 1.29 is 23.8 Å². The minimum Gasteiger partial charge on any atom is -0.492 e. The van der Waals surface area contributed by atoms with E-state index in [1.54, 1.807) is 6.92 Å². The Morgan fingerprint density at radius 1 is 1.11 bits per heavy atom. The van der Waals surface area contributed by atoms with Crippen LogP contribution in [-0.4, -0.2) is 42.3 Å². The van der Waals surface area contributed by atoms with E-state index < -0.39 is 11.6 Å². The SMILES string of the molecule is Cc1ccc(OCCN2C(=O)NC(C)(Cc3ccc4c(c3)OCO4)C2=O)cc1. The number of benzene rings is 2. The summed E-state index contributed by atoms with van der Waals surface area (Å²) in [5.41, 5.74) is 1.02. The molecule has 0 aromatic heterocycles. The molecule has 2 heterocycles. The molecule has 0 aliphatic carbocycles. The van der Waals surface area contributed by atoms with E-state index in [1.807, 2.05) is 49.4 Å². The smallest absolute Gasteiger partial charge is 0.325 e. The first-order valence-electron chi connectivity index (χ1n) is 9.17. The summed E-state index contributed by atoms with van der Waals surface area (Å²) >= 11 is 0. The van der Waals surface area contributed by atoms with E-state index in [-0.39, 0.29) is 25.9 Å². The Morgan fingerprint density at radius 3 is 2.64 bits per heavy atom. The van der Waals surface area contributed by atoms with Gasteiger partial charge >= 0.3 is 6.03 Å². The molecule has 7 nitrogen and oxygen atoms in total. The van der Waals surface area contributed by atoms with Gasteiger partial charge in [0.1, 0.15) is 17.9 Å². The molecule has 1 saturated heterocycles. The number of hydrogen-bond acceptors (Lipinski definition) is 5. The van der Waals surface area contributed by atoms with Crippen LogP contribution in [0.1, 0.15) is 18.1 Å². The first kappa shape index (κ1) is 18.2. The van der Waals surface area contributed by atoms with Crippen LogP contribution >= 0.6 is 0 Å². The molecule has 1 N–H and O–H groups in total. The fourth-order valence-electron chi connectivity index (χ4n) is 3.42. The molecule has 2 aliphatic rings. The van der Waals surface area contributed by atoms with Gasteiger partial charge in [-0.1, -0.05) is 23.8 Å². The van der Waals surface area contributed by atoms with E-state index >= 15 is 0 Å². The Bertz CT molecular complexity index is 912. The number of fused-ring (bicyclic) bond motifs is 1. The highest BCUT2D eigenvalue weighted by Gasteiger charge is 2.47. The summed E-state index contributed by atoms with van der Waals surface area (Å²) in [6, 6.07) is 12.8. The van der Waals surface area contributed by atoms with Crippen molar-refractivity contribution in [3.63, 3.8) is 0 Å². The number of amides is 3. The molecule has 0 saturated carbocycles. The molecule has 28 heavy (non-hydrogen) atoms. The van der Waals surface area contributed by atoms with Gasteiger partial charge in [-0.3, -0.25) is 9.69 Å². The lowest BCUT2D eigenvalue weighted by Crippen LogP contribution is -2.46. The van der Waals surface area contributed by atoms with Crippen LogP contribution in [-0.2, 0) is 11.2 Å². The van der Waals surface area contributed by atoms with E-state index in [9.17, 15) is 9.59 Å². The molecule has 7 heteroatoms. The third kappa shape index (κ3) is 3.47. The molecule has 0 spiro atoms. The molecule has 0 radical (unpaired) electrons. The molecule has 1 fully saturated rings. The first-order chi connectivity index (χ1) is 13.4. The lowest BCUT2D eigenvalue weighted by atomic mass is 9.92. The normalized spacial score (nSPS) is 20.4. The van der Waals surface area contributed by atoms with E-state index in [1.165, 1.54) is 4.90 Å². The maximum absolute atomic E-state index is 12.9. The van der Waals surface area contributed by atoms with Gasteiger partial charge in [0, 0.05) is 6.42 Å². The summed E-state index contributed by atoms with van der Waals surface area (Å²) in [5.74, 6) is 1.79. The number of carbonyl (C=O) groups is 2. The highest BCUT2D eigenvalue weighted by molar-refractivity contribution is 6.07. The Kier molecular flexibility index (Phi) is 4.58. The van der Waals surface area contributed by atoms with Gasteiger partial charge in [-0.05, 0) is 43.7 Å². The van der Waals surface area contributed by atoms with E-state index in [4.69, 9.17) is 14.2 Å². The van der Waals surface area contributed by atoms with Crippen LogP contribution in [0.4, 0.5) is 4.79 Å². The van der Waals surface area contributed by atoms with E-state index in [0.717, 1.165) is 11.1 Å². The van der Waals surface area contributed by atoms with Crippen LogP contribution in [0.3, 0.4) is 0 Å². The molecular weight excluding hydrogens is 360 g/mol. The average molecular weight is 382 g/mol. The highest BCUT2D eigenvalue weighted by atomic mass is 16.7. The van der Waals surface area contributed by atoms with Crippen molar-refractivity contribution in [1.29, 1.82) is 0 Å². The largest absolute Gasteiger partial charge is 0.492 e. The molecule has 146 valence electrons. The van der Waals surface area contributed by atoms with Crippen LogP contribution in [0.5, 0.6) is 17.2 Å². The number of ether oxygens (including phenoxy) is 3. The zero-order chi connectivity index (χ0) is 19.7. The van der Waals surface area contributed by atoms with Crippen molar-refractivity contribution in [2.45, 2.75) is 25.8 Å². The third-order valence-corrected chi connectivity index (χ3v) is 4.94. The van der Waals surface area contributed by atoms with Gasteiger partial charge in [-0.15, -0.1) is 0 Å². The maximum Gasteiger partial charge on any atom is 0.325 e. The van der Waals surface area contributed by atoms with Crippen LogP contribution in [0.2, 0.25) is 0 Å². The number of nitrogens with one attached hydrogen (secondary N) is 1. The van der Waals surface area contributed by atoms with Gasteiger partial charge in [0.2, 0.25) is 6.79 Å². The summed E-state index contributed by atoms with van der Waals surface area (Å²) < 4.78 is 16.3. The number of nitrogens with zero attached hydrogens (tertiary/aromatic N) is 1. The second-order valence-corrected chi connectivity index (χ2v) is 7.24. The van der Waals surface area contributed by atoms with Crippen molar-refractivity contribution in [3.05, 3.63) is 53.6 Å². The van der Waals surface area contributed by atoms with Gasteiger partial charge < -0.3 is 19.5 Å². The Labute approximate surface area is 163 Å². The maximum atomic E-state index is 12.9. The first-order valence-corrected chi connectivity index (χ1v) is 9.17. The summed E-state index contributed by atoms with van der Waals surface area (Å²) in [5, 5.41) is 2.81. The summed E-state index contributed by atoms with van der Waals surface area (Å²) in [4.78, 5) is 26.5. The number of carbonyl (C=O) groups excluding carboxylic acids is 2. The Balaban J connectivity index is 1.39. The summed E-state index contributed by atoms with van der Waals surface area (Å²) in [6.45, 7) is 4.36. The molecule has 0 bridgehead atoms. The van der Waals surface area contributed by atoms with Gasteiger partial charge in [-0.2, -0.15) is 0 Å². The number of aryl methyl sites for hydroxylation is 1. The monoisotopic (exact) mass is 382 g/mol. The van der Waals surface area contributed by atoms with Gasteiger partial charge in [0.15, 0.2) is 11.5 Å². The Hall–Kier alpha value is -3.22. The number of hydrogen-bond donors (Lipinski definition) is 1. The predicted molar refractivity (Wildman–Crippen MR) is 102 cm³/mol. The van der Waals surface area contributed by atoms with Crippen molar-refractivity contribution in [2.75, 3.05) is 19.9 Å². The number of rotatable bonds is 6. The second-order valence-electron chi connectivity index (χ2n) is 7.24. The van der Waals surface area contributed by atoms with Gasteiger partial charge in [0.05, 0.1) is 6.54 Å². The molecule has 3 amide bonds. The number of urea groups is 1. The van der Waals surface area contributed by atoms with Crippen LogP contribution in [0, 0.1) is 6.92 Å². The molecule has 2 aromatic rings. The third-order valence-electron chi connectivity index (χ3n) is 4.94. The quantitative estimate of drug-likeness (QED) is 0.778. The van der Waals surface area contributed by atoms with Crippen LogP contribution in [0.25, 0.3) is 0 Å². The average Bonchev–Trinajstić information content (AvgIpc) is 3.21. The fourth-order valence-corrected chi connectivity index (χ4v) is 3.42. The van der Waals surface area contributed by atoms with Crippen molar-refractivity contribution in [3.8, 4) is 17.2 Å². The highest BCUT2D eigenvalue weighted by Crippen LogP contribution is 2.34. The van der Waals surface area contributed by atoms with Crippen molar-refractivity contribution in [2.24, 2.45) is 0 Å². The standard InChI is InChI=1S/C21H22N2O5/c1-14-3-6-16(7-4-14)26-10-9-23-19(24)21(2,22-20(23)25)12-15-5-8-17-18(11-15)28-13-27-17/h3-8,11H,9-10,12-13H2,1-2H3,(H,22,25). The summed E-state index contributed by atoms with van der Waals surface area (Å²) in [6.07, 6.45) is 0.365. The zero-order valence-corrected chi connectivity index (χ0v) is 15.9. The molecule has 4 rings (SSSR count). The molecular formula is C21H22N2O5. The second kappa shape index (κ2) is 7.07. The van der Waals surface area contributed by atoms with Crippen molar-refractivity contribution >= 4 is 11.9 Å². The van der Waals surface area contributed by atoms with Gasteiger partial charge in [-0.25, -0.2) is 4.79 Å². The van der Waals surface area contributed by atoms with E-state index in [0.29, 0.717) is 23.7 Å². The lowest BCUT2D eigenvalue weighted by molar-refractivity contribution is -0.131. The Morgan fingerprint density at radius 2 is 1.86 bits per heavy atom. The van der Waals surface area contributed by atoms with Crippen LogP contribution < -0.4 is 19.5 Å². The number of imide groups is 1.